The van der Waals surface area contributed by atoms with Gasteiger partial charge in [-0.05, 0) is 59.2 Å². The highest BCUT2D eigenvalue weighted by Crippen LogP contribution is 2.20. The molecule has 0 bridgehead atoms. The van der Waals surface area contributed by atoms with Crippen LogP contribution in [-0.4, -0.2) is 52.5 Å². The second kappa shape index (κ2) is 8.95. The number of imide groups is 1. The smallest absolute Gasteiger partial charge is 0.420 e. The average molecular weight is 395 g/mol. The molecule has 1 atom stereocenters. The minimum absolute atomic E-state index is 0.0363. The molecule has 0 saturated carbocycles. The van der Waals surface area contributed by atoms with Crippen molar-refractivity contribution in [2.45, 2.75) is 65.2 Å². The molecule has 0 spiro atoms. The first kappa shape index (κ1) is 23.3. The van der Waals surface area contributed by atoms with E-state index in [1.165, 1.54) is 12.1 Å². The van der Waals surface area contributed by atoms with Crippen LogP contribution in [0.4, 0.5) is 9.59 Å². The molecule has 0 fully saturated rings. The largest absolute Gasteiger partial charge is 0.508 e. The highest BCUT2D eigenvalue weighted by molar-refractivity contribution is 5.94. The first-order valence-corrected chi connectivity index (χ1v) is 8.84. The molecular formula is C20H29NO7. The van der Waals surface area contributed by atoms with E-state index in [0.717, 1.165) is 7.11 Å². The van der Waals surface area contributed by atoms with Crippen molar-refractivity contribution < 1.29 is 33.7 Å². The molecule has 0 saturated heterocycles. The van der Waals surface area contributed by atoms with Crippen molar-refractivity contribution in [3.63, 3.8) is 0 Å². The maximum Gasteiger partial charge on any atom is 0.420 e. The Morgan fingerprint density at radius 2 is 1.36 bits per heavy atom. The number of carbonyl (C=O) groups is 3. The predicted octanol–water partition coefficient (Wildman–Crippen LogP) is 3.65. The molecule has 1 aromatic carbocycles. The van der Waals surface area contributed by atoms with Crippen LogP contribution in [0.15, 0.2) is 24.3 Å². The third-order valence-electron chi connectivity index (χ3n) is 3.33. The van der Waals surface area contributed by atoms with E-state index in [4.69, 9.17) is 14.2 Å². The highest BCUT2D eigenvalue weighted by atomic mass is 16.6. The van der Waals surface area contributed by atoms with Crippen molar-refractivity contribution >= 4 is 18.2 Å². The molecule has 156 valence electrons. The van der Waals surface area contributed by atoms with E-state index in [0.29, 0.717) is 10.5 Å². The molecule has 1 unspecified atom stereocenters. The van der Waals surface area contributed by atoms with Gasteiger partial charge in [-0.1, -0.05) is 12.1 Å². The monoisotopic (exact) mass is 395 g/mol. The summed E-state index contributed by atoms with van der Waals surface area (Å²) in [7, 11) is 1.16. The number of esters is 1. The number of methoxy groups -OCH3 is 1. The van der Waals surface area contributed by atoms with Crippen molar-refractivity contribution in [2.75, 3.05) is 7.11 Å². The molecule has 8 heteroatoms. The Labute approximate surface area is 165 Å². The van der Waals surface area contributed by atoms with E-state index in [1.807, 2.05) is 0 Å². The third-order valence-corrected chi connectivity index (χ3v) is 3.33. The minimum atomic E-state index is -1.31. The predicted molar refractivity (Wildman–Crippen MR) is 102 cm³/mol. The van der Waals surface area contributed by atoms with Gasteiger partial charge in [0.05, 0.1) is 7.11 Å². The number of rotatable bonds is 4. The van der Waals surface area contributed by atoms with E-state index in [1.54, 1.807) is 53.7 Å². The summed E-state index contributed by atoms with van der Waals surface area (Å²) in [5, 5.41) is 9.44. The Kier molecular flexibility index (Phi) is 7.43. The summed E-state index contributed by atoms with van der Waals surface area (Å²) in [5.74, 6) is -0.751. The van der Waals surface area contributed by atoms with Crippen LogP contribution in [0.25, 0.3) is 0 Å². The maximum atomic E-state index is 12.7. The van der Waals surface area contributed by atoms with Gasteiger partial charge in [-0.25, -0.2) is 14.4 Å². The topological polar surface area (TPSA) is 102 Å². The average Bonchev–Trinajstić information content (AvgIpc) is 2.52. The summed E-state index contributed by atoms with van der Waals surface area (Å²) in [6.45, 7) is 9.86. The first-order valence-electron chi connectivity index (χ1n) is 8.84. The Hall–Kier alpha value is -2.77. The molecule has 0 aliphatic rings. The van der Waals surface area contributed by atoms with Crippen LogP contribution < -0.4 is 0 Å². The lowest BCUT2D eigenvalue weighted by atomic mass is 10.0. The summed E-state index contributed by atoms with van der Waals surface area (Å²) in [4.78, 5) is 38.6. The number of phenols is 1. The van der Waals surface area contributed by atoms with Crippen LogP contribution in [0, 0.1) is 0 Å². The van der Waals surface area contributed by atoms with Gasteiger partial charge in [-0.3, -0.25) is 0 Å². The second-order valence-corrected chi connectivity index (χ2v) is 8.24. The van der Waals surface area contributed by atoms with Gasteiger partial charge in [0.25, 0.3) is 0 Å². The summed E-state index contributed by atoms with van der Waals surface area (Å²) in [5.41, 5.74) is -1.18. The number of ether oxygens (including phenoxy) is 3. The molecule has 2 amide bonds. The van der Waals surface area contributed by atoms with Crippen LogP contribution in [0.3, 0.4) is 0 Å². The number of phenolic OH excluding ortho intramolecular Hbond substituents is 1. The normalized spacial score (nSPS) is 12.7. The lowest BCUT2D eigenvalue weighted by Crippen LogP contribution is -2.53. The fourth-order valence-electron chi connectivity index (χ4n) is 2.22. The molecule has 28 heavy (non-hydrogen) atoms. The van der Waals surface area contributed by atoms with Gasteiger partial charge in [-0.15, -0.1) is 0 Å². The molecule has 1 N–H and O–H groups in total. The van der Waals surface area contributed by atoms with Gasteiger partial charge in [0.2, 0.25) is 0 Å². The number of aromatic hydroxyl groups is 1. The quantitative estimate of drug-likeness (QED) is 0.613. The third kappa shape index (κ3) is 7.46. The van der Waals surface area contributed by atoms with Crippen LogP contribution in [0.1, 0.15) is 47.1 Å². The van der Waals surface area contributed by atoms with Crippen LogP contribution in [-0.2, 0) is 25.4 Å². The van der Waals surface area contributed by atoms with Crippen LogP contribution in [0.5, 0.6) is 5.75 Å². The van der Waals surface area contributed by atoms with E-state index >= 15 is 0 Å². The minimum Gasteiger partial charge on any atom is -0.508 e. The lowest BCUT2D eigenvalue weighted by molar-refractivity contribution is -0.146. The van der Waals surface area contributed by atoms with Crippen molar-refractivity contribution in [3.05, 3.63) is 29.8 Å². The summed E-state index contributed by atoms with van der Waals surface area (Å²) < 4.78 is 15.4. The zero-order valence-electron chi connectivity index (χ0n) is 17.4. The fourth-order valence-corrected chi connectivity index (χ4v) is 2.22. The van der Waals surface area contributed by atoms with Gasteiger partial charge in [0.15, 0.2) is 0 Å². The van der Waals surface area contributed by atoms with Gasteiger partial charge in [0, 0.05) is 6.42 Å². The molecule has 0 radical (unpaired) electrons. The standard InChI is InChI=1S/C20H29NO7/c1-19(2,3)27-17(24)21(18(25)28-20(4,5)6)15(16(23)26-7)12-13-8-10-14(22)11-9-13/h8-11,15,22H,12H2,1-7H3. The van der Waals surface area contributed by atoms with Crippen LogP contribution in [0.2, 0.25) is 0 Å². The summed E-state index contributed by atoms with van der Waals surface area (Å²) in [6, 6.07) is 4.73. The van der Waals surface area contributed by atoms with Crippen LogP contribution >= 0.6 is 0 Å². The lowest BCUT2D eigenvalue weighted by Gasteiger charge is -2.32. The number of carbonyl (C=O) groups excluding carboxylic acids is 3. The fraction of sp³-hybridized carbons (Fsp3) is 0.550. The summed E-state index contributed by atoms with van der Waals surface area (Å²) in [6.07, 6.45) is -2.07. The number of hydrogen-bond donors (Lipinski definition) is 1. The van der Waals surface area contributed by atoms with E-state index in [2.05, 4.69) is 0 Å². The molecule has 8 nitrogen and oxygen atoms in total. The van der Waals surface area contributed by atoms with Crippen molar-refractivity contribution in [3.8, 4) is 5.75 Å². The van der Waals surface area contributed by atoms with Crippen molar-refractivity contribution in [1.29, 1.82) is 0 Å². The Bertz CT molecular complexity index is 671. The number of amides is 2. The molecule has 0 heterocycles. The molecule has 1 rings (SSSR count). The van der Waals surface area contributed by atoms with E-state index < -0.39 is 35.4 Å². The van der Waals surface area contributed by atoms with Gasteiger partial charge < -0.3 is 19.3 Å². The zero-order valence-corrected chi connectivity index (χ0v) is 17.4. The van der Waals surface area contributed by atoms with Crippen molar-refractivity contribution in [2.24, 2.45) is 0 Å². The molecule has 0 aromatic heterocycles. The molecule has 0 aliphatic heterocycles. The van der Waals surface area contributed by atoms with Gasteiger partial charge in [0.1, 0.15) is 23.0 Å². The van der Waals surface area contributed by atoms with Gasteiger partial charge in [-0.2, -0.15) is 4.90 Å². The zero-order chi connectivity index (χ0) is 21.7. The maximum absolute atomic E-state index is 12.7. The SMILES string of the molecule is COC(=O)C(Cc1ccc(O)cc1)N(C(=O)OC(C)(C)C)C(=O)OC(C)(C)C. The van der Waals surface area contributed by atoms with Gasteiger partial charge >= 0.3 is 18.2 Å². The number of benzene rings is 1. The Balaban J connectivity index is 3.31. The van der Waals surface area contributed by atoms with E-state index in [9.17, 15) is 19.5 Å². The summed E-state index contributed by atoms with van der Waals surface area (Å²) >= 11 is 0. The Morgan fingerprint density at radius 1 is 0.929 bits per heavy atom. The molecule has 1 aromatic rings. The number of hydrogen-bond acceptors (Lipinski definition) is 7. The van der Waals surface area contributed by atoms with E-state index in [-0.39, 0.29) is 12.2 Å². The Morgan fingerprint density at radius 3 is 1.71 bits per heavy atom. The molecule has 0 aliphatic carbocycles. The first-order chi connectivity index (χ1) is 12.7. The molecular weight excluding hydrogens is 366 g/mol. The second-order valence-electron chi connectivity index (χ2n) is 8.24. The van der Waals surface area contributed by atoms with Crippen molar-refractivity contribution in [1.82, 2.24) is 4.90 Å². The number of nitrogens with zero attached hydrogens (tertiary/aromatic N) is 1. The highest BCUT2D eigenvalue weighted by Gasteiger charge is 2.41.